The molecule has 0 atom stereocenters. The number of para-hydroxylation sites is 1. The Morgan fingerprint density at radius 2 is 1.86 bits per heavy atom. The lowest BCUT2D eigenvalue weighted by Crippen LogP contribution is -2.15. The van der Waals surface area contributed by atoms with E-state index >= 15 is 0 Å². The molecule has 2 rings (SSSR count). The first-order chi connectivity index (χ1) is 10.6. The number of amides is 1. The van der Waals surface area contributed by atoms with Crippen molar-refractivity contribution >= 4 is 29.5 Å². The van der Waals surface area contributed by atoms with E-state index in [1.54, 1.807) is 36.4 Å². The van der Waals surface area contributed by atoms with E-state index in [2.05, 4.69) is 10.6 Å². The summed E-state index contributed by atoms with van der Waals surface area (Å²) in [5.41, 5.74) is 1.24. The van der Waals surface area contributed by atoms with E-state index in [-0.39, 0.29) is 17.8 Å². The predicted octanol–water partition coefficient (Wildman–Crippen LogP) is 2.25. The highest BCUT2D eigenvalue weighted by Crippen LogP contribution is 2.17. The molecule has 6 heteroatoms. The first kappa shape index (κ1) is 15.2. The second kappa shape index (κ2) is 7.03. The molecule has 0 unspecified atom stereocenters. The minimum absolute atomic E-state index is 0.0195. The quantitative estimate of drug-likeness (QED) is 0.711. The molecule has 0 saturated heterocycles. The first-order valence-electron chi connectivity index (χ1n) is 6.53. The maximum absolute atomic E-state index is 12.2. The first-order valence-corrected chi connectivity index (χ1v) is 6.53. The summed E-state index contributed by atoms with van der Waals surface area (Å²) in [6.45, 7) is 0.146. The number of carboxylic acid groups (broad SMARTS) is 1. The van der Waals surface area contributed by atoms with Crippen LogP contribution in [0.15, 0.2) is 48.5 Å². The van der Waals surface area contributed by atoms with E-state index < -0.39 is 11.9 Å². The van der Waals surface area contributed by atoms with Gasteiger partial charge in [-0.05, 0) is 30.3 Å². The highest BCUT2D eigenvalue weighted by atomic mass is 16.4. The highest BCUT2D eigenvalue weighted by Gasteiger charge is 2.13. The second-order valence-electron chi connectivity index (χ2n) is 4.43. The standard InChI is InChI=1S/C16H14N2O4/c19-9-8-17-12-5-3-4-11(10-12)15(20)18-14-7-2-1-6-13(14)16(21)22/h1-7,9-10,17H,8H2,(H,18,20)(H,21,22). The van der Waals surface area contributed by atoms with Crippen molar-refractivity contribution in [1.82, 2.24) is 0 Å². The van der Waals surface area contributed by atoms with E-state index in [1.165, 1.54) is 12.1 Å². The molecule has 112 valence electrons. The Morgan fingerprint density at radius 3 is 2.59 bits per heavy atom. The van der Waals surface area contributed by atoms with E-state index in [0.717, 1.165) is 6.29 Å². The molecule has 0 aliphatic rings. The van der Waals surface area contributed by atoms with Crippen LogP contribution in [0.4, 0.5) is 11.4 Å². The van der Waals surface area contributed by atoms with Crippen LogP contribution in [0.3, 0.4) is 0 Å². The SMILES string of the molecule is O=CCNc1cccc(C(=O)Nc2ccccc2C(=O)O)c1. The highest BCUT2D eigenvalue weighted by molar-refractivity contribution is 6.08. The molecule has 1 amide bonds. The Hall–Kier alpha value is -3.15. The van der Waals surface area contributed by atoms with E-state index in [1.807, 2.05) is 0 Å². The summed E-state index contributed by atoms with van der Waals surface area (Å²) in [5, 5.41) is 14.5. The molecule has 2 aromatic carbocycles. The van der Waals surface area contributed by atoms with Gasteiger partial charge in [-0.25, -0.2) is 4.79 Å². The smallest absolute Gasteiger partial charge is 0.337 e. The average Bonchev–Trinajstić information content (AvgIpc) is 2.53. The van der Waals surface area contributed by atoms with Gasteiger partial charge < -0.3 is 20.5 Å². The number of hydrogen-bond acceptors (Lipinski definition) is 4. The lowest BCUT2D eigenvalue weighted by molar-refractivity contribution is -0.106. The molecule has 22 heavy (non-hydrogen) atoms. The molecule has 0 spiro atoms. The lowest BCUT2D eigenvalue weighted by atomic mass is 10.1. The third-order valence-corrected chi connectivity index (χ3v) is 2.92. The fourth-order valence-electron chi connectivity index (χ4n) is 1.90. The van der Waals surface area contributed by atoms with Crippen LogP contribution in [0, 0.1) is 0 Å². The Balaban J connectivity index is 2.19. The fourth-order valence-corrected chi connectivity index (χ4v) is 1.90. The number of nitrogens with one attached hydrogen (secondary N) is 2. The topological polar surface area (TPSA) is 95.5 Å². The Kier molecular flexibility index (Phi) is 4.87. The maximum Gasteiger partial charge on any atom is 0.337 e. The largest absolute Gasteiger partial charge is 0.478 e. The van der Waals surface area contributed by atoms with Gasteiger partial charge in [-0.2, -0.15) is 0 Å². The Bertz CT molecular complexity index is 713. The van der Waals surface area contributed by atoms with Gasteiger partial charge in [-0.3, -0.25) is 4.79 Å². The van der Waals surface area contributed by atoms with Crippen LogP contribution in [0.2, 0.25) is 0 Å². The summed E-state index contributed by atoms with van der Waals surface area (Å²) >= 11 is 0. The molecule has 0 radical (unpaired) electrons. The van der Waals surface area contributed by atoms with Crippen LogP contribution in [0.1, 0.15) is 20.7 Å². The normalized spacial score (nSPS) is 9.82. The van der Waals surface area contributed by atoms with Crippen molar-refractivity contribution in [3.05, 3.63) is 59.7 Å². The number of aldehydes is 1. The molecule has 0 heterocycles. The van der Waals surface area contributed by atoms with Gasteiger partial charge >= 0.3 is 5.97 Å². The van der Waals surface area contributed by atoms with Gasteiger partial charge in [-0.1, -0.05) is 18.2 Å². The number of carbonyl (C=O) groups excluding carboxylic acids is 2. The molecule has 0 aliphatic carbocycles. The molecule has 3 N–H and O–H groups in total. The van der Waals surface area contributed by atoms with Crippen molar-refractivity contribution in [3.63, 3.8) is 0 Å². The van der Waals surface area contributed by atoms with E-state index in [4.69, 9.17) is 5.11 Å². The molecule has 0 aromatic heterocycles. The molecule has 6 nitrogen and oxygen atoms in total. The van der Waals surface area contributed by atoms with Crippen molar-refractivity contribution in [2.45, 2.75) is 0 Å². The van der Waals surface area contributed by atoms with Gasteiger partial charge in [0.15, 0.2) is 0 Å². The molecular formula is C16H14N2O4. The van der Waals surface area contributed by atoms with Crippen molar-refractivity contribution in [2.75, 3.05) is 17.2 Å². The molecular weight excluding hydrogens is 284 g/mol. The van der Waals surface area contributed by atoms with Crippen molar-refractivity contribution in [3.8, 4) is 0 Å². The number of carbonyl (C=O) groups is 3. The molecule has 0 bridgehead atoms. The van der Waals surface area contributed by atoms with Gasteiger partial charge in [0.25, 0.3) is 5.91 Å². The van der Waals surface area contributed by atoms with Gasteiger partial charge in [0.1, 0.15) is 6.29 Å². The zero-order valence-electron chi connectivity index (χ0n) is 11.6. The van der Waals surface area contributed by atoms with E-state index in [0.29, 0.717) is 11.3 Å². The predicted molar refractivity (Wildman–Crippen MR) is 82.4 cm³/mol. The summed E-state index contributed by atoms with van der Waals surface area (Å²) in [7, 11) is 0. The minimum atomic E-state index is -1.11. The summed E-state index contributed by atoms with van der Waals surface area (Å²) in [5.74, 6) is -1.54. The van der Waals surface area contributed by atoms with Gasteiger partial charge in [0, 0.05) is 11.3 Å². The number of hydrogen-bond donors (Lipinski definition) is 3. The van der Waals surface area contributed by atoms with E-state index in [9.17, 15) is 14.4 Å². The lowest BCUT2D eigenvalue weighted by Gasteiger charge is -2.09. The monoisotopic (exact) mass is 298 g/mol. The van der Waals surface area contributed by atoms with Crippen LogP contribution in [-0.4, -0.2) is 29.8 Å². The summed E-state index contributed by atoms with van der Waals surface area (Å²) < 4.78 is 0. The second-order valence-corrected chi connectivity index (χ2v) is 4.43. The molecule has 0 fully saturated rings. The fraction of sp³-hybridized carbons (Fsp3) is 0.0625. The van der Waals surface area contributed by atoms with Gasteiger partial charge in [-0.15, -0.1) is 0 Å². The zero-order chi connectivity index (χ0) is 15.9. The van der Waals surface area contributed by atoms with Crippen LogP contribution >= 0.6 is 0 Å². The third-order valence-electron chi connectivity index (χ3n) is 2.92. The van der Waals surface area contributed by atoms with Crippen LogP contribution in [0.25, 0.3) is 0 Å². The van der Waals surface area contributed by atoms with Gasteiger partial charge in [0.2, 0.25) is 0 Å². The van der Waals surface area contributed by atoms with Crippen molar-refractivity contribution in [2.24, 2.45) is 0 Å². The number of aromatic carboxylic acids is 1. The van der Waals surface area contributed by atoms with Crippen LogP contribution in [0.5, 0.6) is 0 Å². The van der Waals surface area contributed by atoms with Crippen LogP contribution in [-0.2, 0) is 4.79 Å². The summed E-state index contributed by atoms with van der Waals surface area (Å²) in [4.78, 5) is 33.7. The van der Waals surface area contributed by atoms with Crippen LogP contribution < -0.4 is 10.6 Å². The minimum Gasteiger partial charge on any atom is -0.478 e. The number of benzene rings is 2. The third kappa shape index (κ3) is 3.69. The summed E-state index contributed by atoms with van der Waals surface area (Å²) in [6, 6.07) is 12.8. The molecule has 0 aliphatic heterocycles. The van der Waals surface area contributed by atoms with Crippen molar-refractivity contribution < 1.29 is 19.5 Å². The number of carboxylic acids is 1. The molecule has 0 saturated carbocycles. The zero-order valence-corrected chi connectivity index (χ0v) is 11.6. The Labute approximate surface area is 126 Å². The summed E-state index contributed by atoms with van der Waals surface area (Å²) in [6.07, 6.45) is 0.718. The molecule has 2 aromatic rings. The van der Waals surface area contributed by atoms with Gasteiger partial charge in [0.05, 0.1) is 17.8 Å². The average molecular weight is 298 g/mol. The van der Waals surface area contributed by atoms with Crippen molar-refractivity contribution in [1.29, 1.82) is 0 Å². The maximum atomic E-state index is 12.2. The number of anilines is 2. The Morgan fingerprint density at radius 1 is 1.09 bits per heavy atom. The number of rotatable bonds is 6.